The van der Waals surface area contributed by atoms with E-state index >= 15 is 0 Å². The van der Waals surface area contributed by atoms with Gasteiger partial charge in [0.25, 0.3) is 5.56 Å². The zero-order valence-corrected chi connectivity index (χ0v) is 18.6. The maximum atomic E-state index is 13.0. The van der Waals surface area contributed by atoms with Crippen molar-refractivity contribution in [3.8, 4) is 0 Å². The van der Waals surface area contributed by atoms with Crippen LogP contribution in [0.4, 0.5) is 5.82 Å². The summed E-state index contributed by atoms with van der Waals surface area (Å²) in [6.45, 7) is 6.50. The first-order valence-corrected chi connectivity index (χ1v) is 10.7. The molecule has 0 radical (unpaired) electrons. The second-order valence-corrected chi connectivity index (χ2v) is 8.86. The molecule has 1 amide bonds. The van der Waals surface area contributed by atoms with Crippen molar-refractivity contribution < 1.29 is 4.79 Å². The monoisotopic (exact) mass is 463 g/mol. The molecule has 0 spiro atoms. The van der Waals surface area contributed by atoms with Gasteiger partial charge in [-0.05, 0) is 31.0 Å². The van der Waals surface area contributed by atoms with Crippen LogP contribution in [0.2, 0.25) is 0 Å². The molecule has 0 bridgehead atoms. The van der Waals surface area contributed by atoms with E-state index in [0.717, 1.165) is 10.2 Å². The summed E-state index contributed by atoms with van der Waals surface area (Å²) in [6.07, 6.45) is 0. The second kappa shape index (κ2) is 8.48. The molecule has 2 aromatic heterocycles. The number of hydrogen-bond acceptors (Lipinski definition) is 5. The van der Waals surface area contributed by atoms with Crippen LogP contribution in [0.5, 0.6) is 0 Å². The highest BCUT2D eigenvalue weighted by Crippen LogP contribution is 2.21. The molecule has 0 saturated carbocycles. The lowest BCUT2D eigenvalue weighted by molar-refractivity contribution is -0.113. The van der Waals surface area contributed by atoms with E-state index in [-0.39, 0.29) is 23.1 Å². The molecule has 3 rings (SSSR count). The zero-order chi connectivity index (χ0) is 20.4. The van der Waals surface area contributed by atoms with Gasteiger partial charge >= 0.3 is 0 Å². The van der Waals surface area contributed by atoms with Crippen LogP contribution in [0.25, 0.3) is 10.9 Å². The van der Waals surface area contributed by atoms with Crippen LogP contribution >= 0.6 is 27.7 Å². The number of hydrogen-bond donors (Lipinski definition) is 1. The zero-order valence-electron chi connectivity index (χ0n) is 16.2. The van der Waals surface area contributed by atoms with Crippen molar-refractivity contribution in [1.29, 1.82) is 0 Å². The van der Waals surface area contributed by atoms with Gasteiger partial charge in [0.1, 0.15) is 5.82 Å². The molecule has 0 atom stereocenters. The van der Waals surface area contributed by atoms with Gasteiger partial charge in [-0.25, -0.2) is 4.98 Å². The summed E-state index contributed by atoms with van der Waals surface area (Å²) in [5, 5.41) is 8.17. The Morgan fingerprint density at radius 2 is 2.07 bits per heavy atom. The Morgan fingerprint density at radius 3 is 2.71 bits per heavy atom. The summed E-state index contributed by atoms with van der Waals surface area (Å²) in [6, 6.07) is 7.26. The Kier molecular flexibility index (Phi) is 6.24. The van der Waals surface area contributed by atoms with Crippen molar-refractivity contribution in [2.24, 2.45) is 13.0 Å². The molecular weight excluding hydrogens is 442 g/mol. The lowest BCUT2D eigenvalue weighted by Gasteiger charge is -2.15. The van der Waals surface area contributed by atoms with Crippen molar-refractivity contribution in [3.63, 3.8) is 0 Å². The molecule has 0 aliphatic heterocycles. The number of benzene rings is 1. The van der Waals surface area contributed by atoms with Gasteiger partial charge < -0.3 is 5.32 Å². The molecular formula is C19H22BrN5O2S. The topological polar surface area (TPSA) is 81.8 Å². The fraction of sp³-hybridized carbons (Fsp3) is 0.368. The summed E-state index contributed by atoms with van der Waals surface area (Å²) in [5.41, 5.74) is 1.36. The summed E-state index contributed by atoms with van der Waals surface area (Å²) >= 11 is 4.67. The molecule has 148 valence electrons. The van der Waals surface area contributed by atoms with Gasteiger partial charge in [-0.1, -0.05) is 41.5 Å². The average molecular weight is 464 g/mol. The number of carbonyl (C=O) groups is 1. The highest BCUT2D eigenvalue weighted by molar-refractivity contribution is 9.10. The Balaban J connectivity index is 1.86. The minimum atomic E-state index is -0.172. The molecule has 0 unspecified atom stereocenters. The fourth-order valence-electron chi connectivity index (χ4n) is 2.85. The van der Waals surface area contributed by atoms with Crippen molar-refractivity contribution in [1.82, 2.24) is 19.3 Å². The Labute approximate surface area is 175 Å². The van der Waals surface area contributed by atoms with Crippen LogP contribution in [-0.4, -0.2) is 31.0 Å². The van der Waals surface area contributed by atoms with Crippen LogP contribution in [-0.2, 0) is 18.4 Å². The summed E-state index contributed by atoms with van der Waals surface area (Å²) in [5.74, 6) is 0.888. The first kappa shape index (κ1) is 20.6. The number of anilines is 1. The number of amides is 1. The molecule has 28 heavy (non-hydrogen) atoms. The van der Waals surface area contributed by atoms with Crippen LogP contribution in [0.1, 0.15) is 19.5 Å². The highest BCUT2D eigenvalue weighted by atomic mass is 79.9. The van der Waals surface area contributed by atoms with E-state index in [9.17, 15) is 9.59 Å². The van der Waals surface area contributed by atoms with E-state index in [2.05, 4.69) is 31.3 Å². The molecule has 1 aromatic carbocycles. The third kappa shape index (κ3) is 4.64. The van der Waals surface area contributed by atoms with Gasteiger partial charge in [0, 0.05) is 24.1 Å². The van der Waals surface area contributed by atoms with E-state index < -0.39 is 0 Å². The summed E-state index contributed by atoms with van der Waals surface area (Å²) < 4.78 is 4.12. The maximum Gasteiger partial charge on any atom is 0.262 e. The Bertz CT molecular complexity index is 1090. The number of aryl methyl sites for hydroxylation is 2. The van der Waals surface area contributed by atoms with E-state index in [1.54, 1.807) is 22.4 Å². The Morgan fingerprint density at radius 1 is 1.32 bits per heavy atom. The molecule has 2 heterocycles. The third-order valence-electron chi connectivity index (χ3n) is 4.03. The number of rotatable bonds is 6. The van der Waals surface area contributed by atoms with Crippen molar-refractivity contribution in [2.75, 3.05) is 11.1 Å². The van der Waals surface area contributed by atoms with Gasteiger partial charge in [0.15, 0.2) is 5.16 Å². The predicted octanol–water partition coefficient (Wildman–Crippen LogP) is 3.59. The summed E-state index contributed by atoms with van der Waals surface area (Å²) in [7, 11) is 1.78. The van der Waals surface area contributed by atoms with Gasteiger partial charge in [-0.2, -0.15) is 5.10 Å². The molecule has 3 aromatic rings. The maximum absolute atomic E-state index is 13.0. The van der Waals surface area contributed by atoms with Crippen LogP contribution in [0, 0.1) is 12.8 Å². The number of nitrogens with zero attached hydrogens (tertiary/aromatic N) is 4. The molecule has 9 heteroatoms. The van der Waals surface area contributed by atoms with E-state index in [1.807, 2.05) is 39.0 Å². The van der Waals surface area contributed by atoms with Crippen molar-refractivity contribution >= 4 is 50.3 Å². The number of carbonyl (C=O) groups excluding carboxylic acids is 1. The first-order valence-electron chi connectivity index (χ1n) is 8.88. The standard InChI is InChI=1S/C19H22BrN5O2S/c1-11(2)9-25-18(27)14-8-13(20)5-6-15(14)21-19(25)28-10-17(26)22-16-7-12(3)23-24(16)4/h5-8,11H,9-10H2,1-4H3,(H,22,26). The first-order chi connectivity index (χ1) is 13.2. The second-order valence-electron chi connectivity index (χ2n) is 7.00. The number of fused-ring (bicyclic) bond motifs is 1. The van der Waals surface area contributed by atoms with E-state index in [1.165, 1.54) is 11.8 Å². The van der Waals surface area contributed by atoms with Gasteiger partial charge in [-0.3, -0.25) is 18.8 Å². The van der Waals surface area contributed by atoms with Crippen molar-refractivity contribution in [2.45, 2.75) is 32.5 Å². The third-order valence-corrected chi connectivity index (χ3v) is 5.50. The van der Waals surface area contributed by atoms with Gasteiger partial charge in [-0.15, -0.1) is 0 Å². The Hall–Kier alpha value is -2.13. The minimum absolute atomic E-state index is 0.0924. The molecule has 0 aliphatic carbocycles. The highest BCUT2D eigenvalue weighted by Gasteiger charge is 2.15. The number of aromatic nitrogens is 4. The minimum Gasteiger partial charge on any atom is -0.310 e. The largest absolute Gasteiger partial charge is 0.310 e. The molecule has 7 nitrogen and oxygen atoms in total. The smallest absolute Gasteiger partial charge is 0.262 e. The molecule has 1 N–H and O–H groups in total. The lowest BCUT2D eigenvalue weighted by Crippen LogP contribution is -2.26. The normalized spacial score (nSPS) is 11.4. The van der Waals surface area contributed by atoms with Crippen molar-refractivity contribution in [3.05, 3.63) is 44.8 Å². The average Bonchev–Trinajstić information content (AvgIpc) is 2.93. The summed E-state index contributed by atoms with van der Waals surface area (Å²) in [4.78, 5) is 30.0. The molecule has 0 saturated heterocycles. The van der Waals surface area contributed by atoms with Gasteiger partial charge in [0.2, 0.25) is 5.91 Å². The van der Waals surface area contributed by atoms with E-state index in [0.29, 0.717) is 28.4 Å². The van der Waals surface area contributed by atoms with Gasteiger partial charge in [0.05, 0.1) is 22.3 Å². The number of halogens is 1. The van der Waals surface area contributed by atoms with Crippen LogP contribution < -0.4 is 10.9 Å². The SMILES string of the molecule is Cc1cc(NC(=O)CSc2nc3ccc(Br)cc3c(=O)n2CC(C)C)n(C)n1. The predicted molar refractivity (Wildman–Crippen MR) is 116 cm³/mol. The van der Waals surface area contributed by atoms with E-state index in [4.69, 9.17) is 0 Å². The van der Waals surface area contributed by atoms with Crippen LogP contribution in [0.3, 0.4) is 0 Å². The fourth-order valence-corrected chi connectivity index (χ4v) is 4.02. The lowest BCUT2D eigenvalue weighted by atomic mass is 10.2. The quantitative estimate of drug-likeness (QED) is 0.446. The number of thioether (sulfide) groups is 1. The van der Waals surface area contributed by atoms with Crippen LogP contribution in [0.15, 0.2) is 38.7 Å². The number of nitrogens with one attached hydrogen (secondary N) is 1. The molecule has 0 aliphatic rings. The molecule has 0 fully saturated rings.